The van der Waals surface area contributed by atoms with Gasteiger partial charge >= 0.3 is 0 Å². The minimum atomic E-state index is -0.290. The van der Waals surface area contributed by atoms with Crippen molar-refractivity contribution < 1.29 is 4.79 Å². The Morgan fingerprint density at radius 3 is 2.33 bits per heavy atom. The normalized spacial score (nSPS) is 11.5. The summed E-state index contributed by atoms with van der Waals surface area (Å²) in [5.74, 6) is 0.116. The van der Waals surface area contributed by atoms with Crippen LogP contribution in [0.2, 0.25) is 5.02 Å². The zero-order valence-electron chi connectivity index (χ0n) is 9.09. The fourth-order valence-electron chi connectivity index (χ4n) is 1.22. The SMILES string of the molecule is CC(C)(N)CCC(=O)c1ccc(Cl)cc1. The molecule has 82 valence electrons. The molecule has 0 aromatic heterocycles. The Hall–Kier alpha value is -0.860. The van der Waals surface area contributed by atoms with E-state index in [1.165, 1.54) is 0 Å². The highest BCUT2D eigenvalue weighted by Gasteiger charge is 2.14. The van der Waals surface area contributed by atoms with Gasteiger partial charge < -0.3 is 5.73 Å². The highest BCUT2D eigenvalue weighted by molar-refractivity contribution is 6.30. The molecule has 0 radical (unpaired) electrons. The molecule has 3 heteroatoms. The maximum atomic E-state index is 11.7. The molecule has 2 N–H and O–H groups in total. The van der Waals surface area contributed by atoms with Crippen LogP contribution in [0.5, 0.6) is 0 Å². The summed E-state index contributed by atoms with van der Waals surface area (Å²) in [5.41, 5.74) is 6.22. The van der Waals surface area contributed by atoms with Crippen molar-refractivity contribution >= 4 is 17.4 Å². The van der Waals surface area contributed by atoms with Crippen molar-refractivity contribution in [2.24, 2.45) is 5.73 Å². The summed E-state index contributed by atoms with van der Waals surface area (Å²) in [6.45, 7) is 3.84. The van der Waals surface area contributed by atoms with E-state index in [4.69, 9.17) is 17.3 Å². The van der Waals surface area contributed by atoms with Crippen LogP contribution < -0.4 is 5.73 Å². The average Bonchev–Trinajstić information content (AvgIpc) is 2.14. The van der Waals surface area contributed by atoms with Crippen molar-refractivity contribution in [3.05, 3.63) is 34.9 Å². The monoisotopic (exact) mass is 225 g/mol. The summed E-state index contributed by atoms with van der Waals surface area (Å²) in [6, 6.07) is 6.94. The van der Waals surface area contributed by atoms with E-state index in [1.807, 2.05) is 13.8 Å². The molecule has 0 saturated heterocycles. The molecular weight excluding hydrogens is 210 g/mol. The van der Waals surface area contributed by atoms with Gasteiger partial charge in [-0.15, -0.1) is 0 Å². The van der Waals surface area contributed by atoms with Gasteiger partial charge in [-0.2, -0.15) is 0 Å². The Morgan fingerprint density at radius 2 is 1.87 bits per heavy atom. The fourth-order valence-corrected chi connectivity index (χ4v) is 1.34. The number of hydrogen-bond acceptors (Lipinski definition) is 2. The van der Waals surface area contributed by atoms with E-state index < -0.39 is 0 Å². The Balaban J connectivity index is 2.58. The maximum absolute atomic E-state index is 11.7. The topological polar surface area (TPSA) is 43.1 Å². The number of benzene rings is 1. The predicted octanol–water partition coefficient (Wildman–Crippen LogP) is 3.04. The third-order valence-electron chi connectivity index (χ3n) is 2.16. The van der Waals surface area contributed by atoms with Crippen LogP contribution >= 0.6 is 11.6 Å². The van der Waals surface area contributed by atoms with Gasteiger partial charge in [0.15, 0.2) is 5.78 Å². The first kappa shape index (κ1) is 12.2. The van der Waals surface area contributed by atoms with E-state index in [0.29, 0.717) is 23.4 Å². The number of hydrogen-bond donors (Lipinski definition) is 1. The zero-order chi connectivity index (χ0) is 11.5. The number of carbonyl (C=O) groups excluding carboxylic acids is 1. The van der Waals surface area contributed by atoms with E-state index in [2.05, 4.69) is 0 Å². The molecule has 0 bridgehead atoms. The summed E-state index contributed by atoms with van der Waals surface area (Å²) in [4.78, 5) is 11.7. The first-order chi connectivity index (χ1) is 6.88. The van der Waals surface area contributed by atoms with Crippen LogP contribution in [-0.2, 0) is 0 Å². The largest absolute Gasteiger partial charge is 0.326 e. The van der Waals surface area contributed by atoms with Crippen LogP contribution in [0.15, 0.2) is 24.3 Å². The van der Waals surface area contributed by atoms with Crippen molar-refractivity contribution in [1.82, 2.24) is 0 Å². The standard InChI is InChI=1S/C12H16ClNO/c1-12(2,14)8-7-11(15)9-3-5-10(13)6-4-9/h3-6H,7-8,14H2,1-2H3. The lowest BCUT2D eigenvalue weighted by molar-refractivity contribution is 0.0972. The third kappa shape index (κ3) is 4.45. The fraction of sp³-hybridized carbons (Fsp3) is 0.417. The number of halogens is 1. The van der Waals surface area contributed by atoms with Gasteiger partial charge in [0.05, 0.1) is 0 Å². The van der Waals surface area contributed by atoms with Crippen molar-refractivity contribution in [3.8, 4) is 0 Å². The summed E-state index contributed by atoms with van der Waals surface area (Å²) >= 11 is 5.73. The van der Waals surface area contributed by atoms with Gasteiger partial charge in [-0.25, -0.2) is 0 Å². The molecule has 0 atom stereocenters. The van der Waals surface area contributed by atoms with Crippen LogP contribution in [0.3, 0.4) is 0 Å². The maximum Gasteiger partial charge on any atom is 0.162 e. The Morgan fingerprint density at radius 1 is 1.33 bits per heavy atom. The Labute approximate surface area is 95.4 Å². The van der Waals surface area contributed by atoms with Crippen molar-refractivity contribution in [1.29, 1.82) is 0 Å². The highest BCUT2D eigenvalue weighted by Crippen LogP contribution is 2.14. The predicted molar refractivity (Wildman–Crippen MR) is 63.3 cm³/mol. The third-order valence-corrected chi connectivity index (χ3v) is 2.41. The smallest absolute Gasteiger partial charge is 0.162 e. The molecule has 0 heterocycles. The molecule has 0 fully saturated rings. The molecule has 0 aliphatic heterocycles. The molecule has 0 unspecified atom stereocenters. The Bertz CT molecular complexity index is 338. The highest BCUT2D eigenvalue weighted by atomic mass is 35.5. The minimum absolute atomic E-state index is 0.116. The summed E-state index contributed by atoms with van der Waals surface area (Å²) < 4.78 is 0. The lowest BCUT2D eigenvalue weighted by Gasteiger charge is -2.17. The number of carbonyl (C=O) groups is 1. The van der Waals surface area contributed by atoms with E-state index in [-0.39, 0.29) is 11.3 Å². The number of rotatable bonds is 4. The quantitative estimate of drug-likeness (QED) is 0.801. The van der Waals surface area contributed by atoms with Crippen molar-refractivity contribution in [2.45, 2.75) is 32.2 Å². The molecule has 0 spiro atoms. The summed E-state index contributed by atoms with van der Waals surface area (Å²) in [5, 5.41) is 0.644. The Kier molecular flexibility index (Phi) is 3.89. The lowest BCUT2D eigenvalue weighted by atomic mass is 9.96. The second-order valence-electron chi connectivity index (χ2n) is 4.42. The average molecular weight is 226 g/mol. The first-order valence-electron chi connectivity index (χ1n) is 4.96. The second kappa shape index (κ2) is 4.77. The second-order valence-corrected chi connectivity index (χ2v) is 4.86. The van der Waals surface area contributed by atoms with Gasteiger partial charge in [-0.05, 0) is 44.5 Å². The van der Waals surface area contributed by atoms with E-state index in [9.17, 15) is 4.79 Å². The molecule has 1 aromatic carbocycles. The van der Waals surface area contributed by atoms with Crippen molar-refractivity contribution in [2.75, 3.05) is 0 Å². The van der Waals surface area contributed by atoms with Gasteiger partial charge in [0.25, 0.3) is 0 Å². The van der Waals surface area contributed by atoms with Gasteiger partial charge in [-0.3, -0.25) is 4.79 Å². The molecule has 0 aliphatic rings. The van der Waals surface area contributed by atoms with Crippen molar-refractivity contribution in [3.63, 3.8) is 0 Å². The zero-order valence-corrected chi connectivity index (χ0v) is 9.84. The minimum Gasteiger partial charge on any atom is -0.326 e. The van der Waals surface area contributed by atoms with Crippen LogP contribution in [0, 0.1) is 0 Å². The number of ketones is 1. The lowest BCUT2D eigenvalue weighted by Crippen LogP contribution is -2.32. The van der Waals surface area contributed by atoms with E-state index >= 15 is 0 Å². The van der Waals surface area contributed by atoms with Gasteiger partial charge in [-0.1, -0.05) is 11.6 Å². The van der Waals surface area contributed by atoms with Crippen LogP contribution in [0.4, 0.5) is 0 Å². The molecule has 0 aliphatic carbocycles. The van der Waals surface area contributed by atoms with Crippen LogP contribution in [0.1, 0.15) is 37.0 Å². The molecular formula is C12H16ClNO. The van der Waals surface area contributed by atoms with Gasteiger partial charge in [0, 0.05) is 22.5 Å². The summed E-state index contributed by atoms with van der Waals surface area (Å²) in [7, 11) is 0. The first-order valence-corrected chi connectivity index (χ1v) is 5.34. The van der Waals surface area contributed by atoms with E-state index in [1.54, 1.807) is 24.3 Å². The number of nitrogens with two attached hydrogens (primary N) is 1. The molecule has 1 rings (SSSR count). The molecule has 0 amide bonds. The molecule has 15 heavy (non-hydrogen) atoms. The van der Waals surface area contributed by atoms with Gasteiger partial charge in [0.1, 0.15) is 0 Å². The molecule has 0 saturated carbocycles. The molecule has 2 nitrogen and oxygen atoms in total. The van der Waals surface area contributed by atoms with Crippen LogP contribution in [0.25, 0.3) is 0 Å². The number of Topliss-reactive ketones (excluding diaryl/α,β-unsaturated/α-hetero) is 1. The van der Waals surface area contributed by atoms with Crippen LogP contribution in [-0.4, -0.2) is 11.3 Å². The molecule has 1 aromatic rings. The summed E-state index contributed by atoms with van der Waals surface area (Å²) in [6.07, 6.45) is 1.17. The van der Waals surface area contributed by atoms with Gasteiger partial charge in [0.2, 0.25) is 0 Å². The van der Waals surface area contributed by atoms with E-state index in [0.717, 1.165) is 0 Å².